The van der Waals surface area contributed by atoms with E-state index in [9.17, 15) is 22.8 Å². The van der Waals surface area contributed by atoms with E-state index in [0.717, 1.165) is 11.8 Å². The van der Waals surface area contributed by atoms with Crippen LogP contribution in [-0.4, -0.2) is 71.4 Å². The second-order valence-electron chi connectivity index (χ2n) is 4.69. The molecule has 2 unspecified atom stereocenters. The van der Waals surface area contributed by atoms with Gasteiger partial charge in [-0.3, -0.25) is 14.4 Å². The second-order valence-corrected chi connectivity index (χ2v) is 7.91. The summed E-state index contributed by atoms with van der Waals surface area (Å²) in [6, 6.07) is -1.58. The highest BCUT2D eigenvalue weighted by molar-refractivity contribution is 8.14. The highest BCUT2D eigenvalue weighted by Gasteiger charge is 2.39. The molecule has 0 radical (unpaired) electrons. The van der Waals surface area contributed by atoms with Crippen LogP contribution in [0.5, 0.6) is 0 Å². The lowest BCUT2D eigenvalue weighted by molar-refractivity contribution is -0.140. The Morgan fingerprint density at radius 2 is 2.15 bits per heavy atom. The number of hydrogen-bond acceptors (Lipinski definition) is 6. The van der Waals surface area contributed by atoms with Crippen LogP contribution in [0.25, 0.3) is 0 Å². The highest BCUT2D eigenvalue weighted by atomic mass is 32.2. The maximum atomic E-state index is 12.3. The molecule has 112 valence electrons. The van der Waals surface area contributed by atoms with Gasteiger partial charge in [0.15, 0.2) is 9.84 Å². The normalized spacial score (nSPS) is 29.0. The molecule has 2 amide bonds. The van der Waals surface area contributed by atoms with Crippen LogP contribution in [0.15, 0.2) is 0 Å². The van der Waals surface area contributed by atoms with Crippen molar-refractivity contribution in [3.05, 3.63) is 0 Å². The fourth-order valence-electron chi connectivity index (χ4n) is 2.27. The number of carboxylic acid groups (broad SMARTS) is 1. The summed E-state index contributed by atoms with van der Waals surface area (Å²) in [7, 11) is -3.33. The lowest BCUT2D eigenvalue weighted by atomic mass is 10.1. The fraction of sp³-hybridized carbons (Fsp3) is 0.700. The number of hydrogen-bond donors (Lipinski definition) is 2. The Bertz CT molecular complexity index is 546. The number of aliphatic carboxylic acids is 1. The molecule has 10 heteroatoms. The van der Waals surface area contributed by atoms with Gasteiger partial charge in [-0.15, -0.1) is 0 Å². The lowest BCUT2D eigenvalue weighted by Gasteiger charge is -2.36. The van der Waals surface area contributed by atoms with Crippen molar-refractivity contribution in [2.45, 2.75) is 18.5 Å². The summed E-state index contributed by atoms with van der Waals surface area (Å²) >= 11 is 0.981. The molecule has 2 rings (SSSR count). The average molecular weight is 322 g/mol. The summed E-state index contributed by atoms with van der Waals surface area (Å²) in [5.41, 5.74) is 0. The summed E-state index contributed by atoms with van der Waals surface area (Å²) in [6.45, 7) is -0.0316. The van der Waals surface area contributed by atoms with E-state index in [1.165, 1.54) is 4.90 Å². The topological polar surface area (TPSA) is 121 Å². The van der Waals surface area contributed by atoms with E-state index in [0.29, 0.717) is 0 Å². The minimum absolute atomic E-state index is 0.0316. The molecule has 0 spiro atoms. The van der Waals surface area contributed by atoms with E-state index in [4.69, 9.17) is 5.11 Å². The predicted molar refractivity (Wildman–Crippen MR) is 71.2 cm³/mol. The summed E-state index contributed by atoms with van der Waals surface area (Å²) in [4.78, 5) is 35.4. The second kappa shape index (κ2) is 5.60. The van der Waals surface area contributed by atoms with Gasteiger partial charge in [0, 0.05) is 12.3 Å². The molecule has 2 atom stereocenters. The largest absolute Gasteiger partial charge is 0.481 e. The summed E-state index contributed by atoms with van der Waals surface area (Å²) < 4.78 is 23.2. The molecule has 2 saturated heterocycles. The summed E-state index contributed by atoms with van der Waals surface area (Å²) in [5.74, 6) is -1.82. The molecular formula is C10H14N2O6S2. The number of carbonyl (C=O) groups is 3. The quantitative estimate of drug-likeness (QED) is 0.677. The van der Waals surface area contributed by atoms with Gasteiger partial charge in [0.05, 0.1) is 24.0 Å². The van der Waals surface area contributed by atoms with E-state index in [-0.39, 0.29) is 29.0 Å². The Labute approximate surface area is 119 Å². The molecule has 8 nitrogen and oxygen atoms in total. The SMILES string of the molecule is O=C(O)CC1CS(=O)(=O)CCN1C(=O)C1CSC(=O)N1. The first kappa shape index (κ1) is 15.1. The van der Waals surface area contributed by atoms with E-state index in [1.54, 1.807) is 0 Å². The van der Waals surface area contributed by atoms with Gasteiger partial charge in [-0.05, 0) is 0 Å². The molecule has 0 aliphatic carbocycles. The van der Waals surface area contributed by atoms with Gasteiger partial charge < -0.3 is 15.3 Å². The zero-order valence-electron chi connectivity index (χ0n) is 10.4. The van der Waals surface area contributed by atoms with Crippen molar-refractivity contribution in [1.29, 1.82) is 0 Å². The number of nitrogens with one attached hydrogen (secondary N) is 1. The predicted octanol–water partition coefficient (Wildman–Crippen LogP) is -1.09. The van der Waals surface area contributed by atoms with Crippen LogP contribution >= 0.6 is 11.8 Å². The third-order valence-corrected chi connectivity index (χ3v) is 5.77. The van der Waals surface area contributed by atoms with Gasteiger partial charge >= 0.3 is 5.97 Å². The smallest absolute Gasteiger partial charge is 0.305 e. The first-order valence-electron chi connectivity index (χ1n) is 5.94. The number of nitrogens with zero attached hydrogens (tertiary/aromatic N) is 1. The van der Waals surface area contributed by atoms with E-state index < -0.39 is 40.2 Å². The van der Waals surface area contributed by atoms with E-state index in [2.05, 4.69) is 5.32 Å². The van der Waals surface area contributed by atoms with Gasteiger partial charge in [0.25, 0.3) is 5.24 Å². The first-order valence-corrected chi connectivity index (χ1v) is 8.75. The minimum atomic E-state index is -3.33. The number of carboxylic acids is 1. The summed E-state index contributed by atoms with van der Waals surface area (Å²) in [5, 5.41) is 11.0. The van der Waals surface area contributed by atoms with Crippen molar-refractivity contribution >= 4 is 38.7 Å². The van der Waals surface area contributed by atoms with Crippen LogP contribution in [0.3, 0.4) is 0 Å². The zero-order chi connectivity index (χ0) is 14.9. The van der Waals surface area contributed by atoms with E-state index >= 15 is 0 Å². The third-order valence-electron chi connectivity index (χ3n) is 3.19. The van der Waals surface area contributed by atoms with Crippen molar-refractivity contribution in [3.63, 3.8) is 0 Å². The Hall–Kier alpha value is -1.29. The van der Waals surface area contributed by atoms with Gasteiger partial charge in [-0.1, -0.05) is 11.8 Å². The molecule has 2 heterocycles. The zero-order valence-corrected chi connectivity index (χ0v) is 12.1. The first-order chi connectivity index (χ1) is 9.28. The average Bonchev–Trinajstić information content (AvgIpc) is 2.73. The molecule has 2 fully saturated rings. The van der Waals surface area contributed by atoms with Gasteiger partial charge in [-0.25, -0.2) is 8.42 Å². The van der Waals surface area contributed by atoms with Crippen LogP contribution in [0.1, 0.15) is 6.42 Å². The number of thioether (sulfide) groups is 1. The minimum Gasteiger partial charge on any atom is -0.481 e. The Balaban J connectivity index is 2.13. The molecule has 2 aliphatic rings. The highest BCUT2D eigenvalue weighted by Crippen LogP contribution is 2.20. The molecule has 2 N–H and O–H groups in total. The molecule has 0 aromatic heterocycles. The molecule has 0 aromatic rings. The Kier molecular flexibility index (Phi) is 4.23. The van der Waals surface area contributed by atoms with Crippen LogP contribution < -0.4 is 5.32 Å². The van der Waals surface area contributed by atoms with Crippen molar-refractivity contribution in [1.82, 2.24) is 10.2 Å². The Morgan fingerprint density at radius 1 is 1.45 bits per heavy atom. The maximum Gasteiger partial charge on any atom is 0.305 e. The molecule has 20 heavy (non-hydrogen) atoms. The van der Waals surface area contributed by atoms with Gasteiger partial charge in [0.1, 0.15) is 6.04 Å². The van der Waals surface area contributed by atoms with Crippen molar-refractivity contribution < 1.29 is 27.9 Å². The maximum absolute atomic E-state index is 12.3. The van der Waals surface area contributed by atoms with Crippen LogP contribution in [-0.2, 0) is 19.4 Å². The monoisotopic (exact) mass is 322 g/mol. The summed E-state index contributed by atoms with van der Waals surface area (Å²) in [6.07, 6.45) is -0.418. The van der Waals surface area contributed by atoms with E-state index in [1.807, 2.05) is 0 Å². The van der Waals surface area contributed by atoms with Crippen LogP contribution in [0, 0.1) is 0 Å². The molecular weight excluding hydrogens is 308 g/mol. The number of amides is 2. The molecule has 0 aromatic carbocycles. The molecule has 2 aliphatic heterocycles. The Morgan fingerprint density at radius 3 is 2.70 bits per heavy atom. The lowest BCUT2D eigenvalue weighted by Crippen LogP contribution is -2.56. The fourth-order valence-corrected chi connectivity index (χ4v) is 4.56. The molecule has 0 bridgehead atoms. The standard InChI is InChI=1S/C10H14N2O6S2/c13-8(14)3-6-5-20(17,18)2-1-12(6)9(15)7-4-19-10(16)11-7/h6-7H,1-5H2,(H,11,16)(H,13,14). The van der Waals surface area contributed by atoms with Crippen molar-refractivity contribution in [2.24, 2.45) is 0 Å². The third kappa shape index (κ3) is 3.42. The van der Waals surface area contributed by atoms with Gasteiger partial charge in [-0.2, -0.15) is 0 Å². The molecule has 0 saturated carbocycles. The number of sulfone groups is 1. The number of rotatable bonds is 3. The van der Waals surface area contributed by atoms with Gasteiger partial charge in [0.2, 0.25) is 5.91 Å². The van der Waals surface area contributed by atoms with Crippen LogP contribution in [0.2, 0.25) is 0 Å². The van der Waals surface area contributed by atoms with Crippen LogP contribution in [0.4, 0.5) is 4.79 Å². The van der Waals surface area contributed by atoms with Crippen molar-refractivity contribution in [2.75, 3.05) is 23.8 Å². The number of carbonyl (C=O) groups excluding carboxylic acids is 2. The van der Waals surface area contributed by atoms with Crippen molar-refractivity contribution in [3.8, 4) is 0 Å².